The normalized spacial score (nSPS) is 10.1. The Morgan fingerprint density at radius 1 is 1.38 bits per heavy atom. The van der Waals surface area contributed by atoms with Crippen LogP contribution in [-0.4, -0.2) is 13.6 Å². The third kappa shape index (κ3) is 2.38. The van der Waals surface area contributed by atoms with Crippen LogP contribution in [0.4, 0.5) is 11.4 Å². The Morgan fingerprint density at radius 2 is 2.08 bits per heavy atom. The van der Waals surface area contributed by atoms with Crippen LogP contribution in [0.1, 0.15) is 18.9 Å². The molecule has 0 aliphatic carbocycles. The number of nitrogens with zero attached hydrogens (tertiary/aromatic N) is 1. The highest BCUT2D eigenvalue weighted by Crippen LogP contribution is 2.19. The molecule has 0 aliphatic heterocycles. The molecule has 1 aromatic rings. The van der Waals surface area contributed by atoms with E-state index >= 15 is 0 Å². The maximum absolute atomic E-state index is 5.83. The number of benzene rings is 1. The quantitative estimate of drug-likeness (QED) is 0.720. The average Bonchev–Trinajstić information content (AvgIpc) is 2.10. The Balaban J connectivity index is 2.84. The summed E-state index contributed by atoms with van der Waals surface area (Å²) in [6.45, 7) is 5.27. The molecule has 72 valence electrons. The molecule has 1 rings (SSSR count). The van der Waals surface area contributed by atoms with Crippen molar-refractivity contribution in [3.8, 4) is 0 Å². The molecule has 0 unspecified atom stereocenters. The van der Waals surface area contributed by atoms with E-state index in [1.165, 1.54) is 5.69 Å². The number of hydrogen-bond donors (Lipinski definition) is 1. The molecule has 0 heterocycles. The lowest BCUT2D eigenvalue weighted by Gasteiger charge is -2.19. The molecule has 0 bridgehead atoms. The number of rotatable bonds is 3. The van der Waals surface area contributed by atoms with Gasteiger partial charge in [-0.3, -0.25) is 0 Å². The minimum atomic E-state index is 0.875. The van der Waals surface area contributed by atoms with Crippen LogP contribution in [0, 0.1) is 6.92 Å². The van der Waals surface area contributed by atoms with E-state index in [0.29, 0.717) is 0 Å². The van der Waals surface area contributed by atoms with Gasteiger partial charge in [-0.2, -0.15) is 0 Å². The van der Waals surface area contributed by atoms with E-state index < -0.39 is 0 Å². The molecule has 0 aromatic heterocycles. The maximum Gasteiger partial charge on any atom is 0.0384 e. The standard InChI is InChI=1S/C11H18N2/c1-4-7-13(3)10-6-5-9(2)11(12)8-10/h5-6,8H,4,7,12H2,1-3H3. The van der Waals surface area contributed by atoms with Gasteiger partial charge < -0.3 is 10.6 Å². The van der Waals surface area contributed by atoms with Crippen LogP contribution in [0.3, 0.4) is 0 Å². The van der Waals surface area contributed by atoms with E-state index in [-0.39, 0.29) is 0 Å². The van der Waals surface area contributed by atoms with E-state index in [1.807, 2.05) is 13.0 Å². The summed E-state index contributed by atoms with van der Waals surface area (Å²) >= 11 is 0. The summed E-state index contributed by atoms with van der Waals surface area (Å²) in [5, 5.41) is 0. The van der Waals surface area contributed by atoms with Crippen molar-refractivity contribution in [3.63, 3.8) is 0 Å². The molecule has 0 spiro atoms. The van der Waals surface area contributed by atoms with Crippen molar-refractivity contribution in [3.05, 3.63) is 23.8 Å². The maximum atomic E-state index is 5.83. The molecule has 0 saturated carbocycles. The van der Waals surface area contributed by atoms with Crippen LogP contribution < -0.4 is 10.6 Å². The van der Waals surface area contributed by atoms with E-state index in [2.05, 4.69) is 31.0 Å². The van der Waals surface area contributed by atoms with Gasteiger partial charge in [0.05, 0.1) is 0 Å². The molecule has 0 amide bonds. The predicted octanol–water partition coefficient (Wildman–Crippen LogP) is 2.42. The zero-order valence-electron chi connectivity index (χ0n) is 8.67. The SMILES string of the molecule is CCCN(C)c1ccc(C)c(N)c1. The first-order valence-corrected chi connectivity index (χ1v) is 4.72. The number of aryl methyl sites for hydroxylation is 1. The Labute approximate surface area is 80.4 Å². The van der Waals surface area contributed by atoms with Crippen molar-refractivity contribution < 1.29 is 0 Å². The fourth-order valence-electron chi connectivity index (χ4n) is 1.33. The van der Waals surface area contributed by atoms with E-state index in [1.54, 1.807) is 0 Å². The molecule has 2 heteroatoms. The molecule has 0 fully saturated rings. The van der Waals surface area contributed by atoms with E-state index in [9.17, 15) is 0 Å². The second kappa shape index (κ2) is 4.17. The molecule has 2 nitrogen and oxygen atoms in total. The molecule has 0 aliphatic rings. The third-order valence-electron chi connectivity index (χ3n) is 2.26. The van der Waals surface area contributed by atoms with Crippen molar-refractivity contribution >= 4 is 11.4 Å². The fraction of sp³-hybridized carbons (Fsp3) is 0.455. The zero-order chi connectivity index (χ0) is 9.84. The van der Waals surface area contributed by atoms with Crippen molar-refractivity contribution in [2.75, 3.05) is 24.2 Å². The first kappa shape index (κ1) is 9.90. The minimum absolute atomic E-state index is 0.875. The fourth-order valence-corrected chi connectivity index (χ4v) is 1.33. The van der Waals surface area contributed by atoms with Gasteiger partial charge in [0.15, 0.2) is 0 Å². The monoisotopic (exact) mass is 178 g/mol. The number of anilines is 2. The molecule has 13 heavy (non-hydrogen) atoms. The summed E-state index contributed by atoms with van der Waals surface area (Å²) in [6, 6.07) is 6.21. The highest BCUT2D eigenvalue weighted by atomic mass is 15.1. The van der Waals surface area contributed by atoms with E-state index in [4.69, 9.17) is 5.73 Å². The number of nitrogen functional groups attached to an aromatic ring is 1. The van der Waals surface area contributed by atoms with Gasteiger partial charge in [0.2, 0.25) is 0 Å². The van der Waals surface area contributed by atoms with Crippen molar-refractivity contribution in [1.82, 2.24) is 0 Å². The number of nitrogens with two attached hydrogens (primary N) is 1. The summed E-state index contributed by atoms with van der Waals surface area (Å²) in [6.07, 6.45) is 1.16. The van der Waals surface area contributed by atoms with Gasteiger partial charge in [0.25, 0.3) is 0 Å². The lowest BCUT2D eigenvalue weighted by molar-refractivity contribution is 0.852. The van der Waals surface area contributed by atoms with Crippen LogP contribution in [-0.2, 0) is 0 Å². The lowest BCUT2D eigenvalue weighted by atomic mass is 10.2. The molecule has 0 saturated heterocycles. The molecule has 0 radical (unpaired) electrons. The van der Waals surface area contributed by atoms with E-state index in [0.717, 1.165) is 24.2 Å². The average molecular weight is 178 g/mol. The summed E-state index contributed by atoms with van der Waals surface area (Å²) in [7, 11) is 2.09. The lowest BCUT2D eigenvalue weighted by Crippen LogP contribution is -2.17. The van der Waals surface area contributed by atoms with Gasteiger partial charge in [0, 0.05) is 25.0 Å². The molecule has 1 aromatic carbocycles. The first-order chi connectivity index (χ1) is 6.15. The number of hydrogen-bond acceptors (Lipinski definition) is 2. The van der Waals surface area contributed by atoms with Gasteiger partial charge in [-0.25, -0.2) is 0 Å². The summed E-state index contributed by atoms with van der Waals surface area (Å²) in [5.74, 6) is 0. The minimum Gasteiger partial charge on any atom is -0.398 e. The summed E-state index contributed by atoms with van der Waals surface area (Å²) < 4.78 is 0. The van der Waals surface area contributed by atoms with Gasteiger partial charge in [-0.15, -0.1) is 0 Å². The Bertz CT molecular complexity index is 281. The molecule has 0 atom stereocenters. The van der Waals surface area contributed by atoms with Crippen molar-refractivity contribution in [1.29, 1.82) is 0 Å². The molecular formula is C11H18N2. The Morgan fingerprint density at radius 3 is 2.62 bits per heavy atom. The van der Waals surface area contributed by atoms with Gasteiger partial charge >= 0.3 is 0 Å². The summed E-state index contributed by atoms with van der Waals surface area (Å²) in [4.78, 5) is 2.22. The highest BCUT2D eigenvalue weighted by Gasteiger charge is 2.00. The first-order valence-electron chi connectivity index (χ1n) is 4.72. The van der Waals surface area contributed by atoms with Gasteiger partial charge in [-0.05, 0) is 31.0 Å². The largest absolute Gasteiger partial charge is 0.398 e. The van der Waals surface area contributed by atoms with Crippen LogP contribution in [0.15, 0.2) is 18.2 Å². The van der Waals surface area contributed by atoms with Crippen LogP contribution in [0.2, 0.25) is 0 Å². The van der Waals surface area contributed by atoms with Crippen molar-refractivity contribution in [2.24, 2.45) is 0 Å². The zero-order valence-corrected chi connectivity index (χ0v) is 8.67. The molecule has 2 N–H and O–H groups in total. The van der Waals surface area contributed by atoms with Crippen LogP contribution in [0.25, 0.3) is 0 Å². The Hall–Kier alpha value is -1.18. The van der Waals surface area contributed by atoms with Gasteiger partial charge in [-0.1, -0.05) is 13.0 Å². The molecular weight excluding hydrogens is 160 g/mol. The van der Waals surface area contributed by atoms with Crippen LogP contribution >= 0.6 is 0 Å². The topological polar surface area (TPSA) is 29.3 Å². The van der Waals surface area contributed by atoms with Crippen LogP contribution in [0.5, 0.6) is 0 Å². The van der Waals surface area contributed by atoms with Crippen molar-refractivity contribution in [2.45, 2.75) is 20.3 Å². The Kier molecular flexibility index (Phi) is 3.18. The second-order valence-electron chi connectivity index (χ2n) is 3.46. The smallest absolute Gasteiger partial charge is 0.0384 e. The highest BCUT2D eigenvalue weighted by molar-refractivity contribution is 5.59. The predicted molar refractivity (Wildman–Crippen MR) is 59.2 cm³/mol. The third-order valence-corrected chi connectivity index (χ3v) is 2.26. The summed E-state index contributed by atoms with van der Waals surface area (Å²) in [5.41, 5.74) is 9.05. The second-order valence-corrected chi connectivity index (χ2v) is 3.46. The van der Waals surface area contributed by atoms with Gasteiger partial charge in [0.1, 0.15) is 0 Å².